The van der Waals surface area contributed by atoms with Crippen LogP contribution in [0.2, 0.25) is 0 Å². The van der Waals surface area contributed by atoms with E-state index in [0.29, 0.717) is 6.61 Å². The molecule has 1 aliphatic rings. The van der Waals surface area contributed by atoms with Gasteiger partial charge in [-0.15, -0.1) is 0 Å². The molecule has 2 rings (SSSR count). The highest BCUT2D eigenvalue weighted by atomic mass is 79.9. The Hall–Kier alpha value is -0.190. The van der Waals surface area contributed by atoms with Gasteiger partial charge in [-0.1, -0.05) is 28.1 Å². The first-order chi connectivity index (χ1) is 9.07. The lowest BCUT2D eigenvalue weighted by molar-refractivity contribution is -0.0113. The second-order valence-electron chi connectivity index (χ2n) is 4.59. The van der Waals surface area contributed by atoms with Gasteiger partial charge in [-0.05, 0) is 30.5 Å². The van der Waals surface area contributed by atoms with Gasteiger partial charge in [0.15, 0.2) is 0 Å². The molecule has 0 bridgehead atoms. The smallest absolute Gasteiger partial charge is 0.333 e. The fourth-order valence-corrected chi connectivity index (χ4v) is 4.10. The Morgan fingerprint density at radius 2 is 1.79 bits per heavy atom. The van der Waals surface area contributed by atoms with E-state index in [1.165, 1.54) is 14.2 Å². The minimum atomic E-state index is -2.91. The van der Waals surface area contributed by atoms with Gasteiger partial charge < -0.3 is 13.8 Å². The van der Waals surface area contributed by atoms with E-state index >= 15 is 0 Å². The van der Waals surface area contributed by atoms with Crippen molar-refractivity contribution in [1.29, 1.82) is 0 Å². The fraction of sp³-hybridized carbons (Fsp3) is 0.538. The molecule has 1 fully saturated rings. The van der Waals surface area contributed by atoms with Crippen molar-refractivity contribution < 1.29 is 18.3 Å². The summed E-state index contributed by atoms with van der Waals surface area (Å²) in [5.74, 6) is 0. The van der Waals surface area contributed by atoms with Crippen LogP contribution in [0.5, 0.6) is 0 Å². The lowest BCUT2D eigenvalue weighted by Gasteiger charge is -2.37. The van der Waals surface area contributed by atoms with Gasteiger partial charge in [-0.3, -0.25) is 4.57 Å². The molecule has 0 radical (unpaired) electrons. The molecule has 1 aliphatic carbocycles. The first-order valence-corrected chi connectivity index (χ1v) is 8.55. The summed E-state index contributed by atoms with van der Waals surface area (Å²) in [6.07, 6.45) is 1.61. The number of hydrogen-bond donors (Lipinski definition) is 0. The molecule has 19 heavy (non-hydrogen) atoms. The van der Waals surface area contributed by atoms with Crippen molar-refractivity contribution in [3.63, 3.8) is 0 Å². The van der Waals surface area contributed by atoms with E-state index in [4.69, 9.17) is 13.8 Å². The predicted octanol–water partition coefficient (Wildman–Crippen LogP) is 3.98. The summed E-state index contributed by atoms with van der Waals surface area (Å²) < 4.78 is 28.9. The van der Waals surface area contributed by atoms with Crippen molar-refractivity contribution in [2.24, 2.45) is 0 Å². The highest BCUT2D eigenvalue weighted by Crippen LogP contribution is 2.59. The summed E-state index contributed by atoms with van der Waals surface area (Å²) in [6.45, 7) is 0.578. The Bertz CT molecular complexity index is 448. The van der Waals surface area contributed by atoms with Gasteiger partial charge in [-0.2, -0.15) is 0 Å². The van der Waals surface area contributed by atoms with Crippen LogP contribution in [0.1, 0.15) is 18.4 Å². The van der Waals surface area contributed by atoms with Gasteiger partial charge in [0, 0.05) is 18.7 Å². The average Bonchev–Trinajstić information content (AvgIpc) is 2.38. The van der Waals surface area contributed by atoms with E-state index in [9.17, 15) is 4.57 Å². The largest absolute Gasteiger partial charge is 0.373 e. The van der Waals surface area contributed by atoms with E-state index in [1.807, 2.05) is 24.3 Å². The second kappa shape index (κ2) is 6.51. The zero-order valence-corrected chi connectivity index (χ0v) is 13.5. The van der Waals surface area contributed by atoms with Crippen LogP contribution in [0.15, 0.2) is 28.7 Å². The molecule has 1 saturated carbocycles. The maximum absolute atomic E-state index is 12.1. The number of hydrogen-bond acceptors (Lipinski definition) is 4. The van der Waals surface area contributed by atoms with E-state index in [-0.39, 0.29) is 11.8 Å². The average molecular weight is 349 g/mol. The summed E-state index contributed by atoms with van der Waals surface area (Å²) in [5, 5.41) is 0. The second-order valence-corrected chi connectivity index (χ2v) is 8.05. The van der Waals surface area contributed by atoms with Crippen LogP contribution in [0.25, 0.3) is 0 Å². The van der Waals surface area contributed by atoms with Gasteiger partial charge in [0.1, 0.15) is 0 Å². The molecule has 0 saturated heterocycles. The number of ether oxygens (including phenoxy) is 1. The van der Waals surface area contributed by atoms with Crippen LogP contribution in [-0.2, 0) is 25.0 Å². The number of rotatable bonds is 6. The third-order valence-corrected chi connectivity index (χ3v) is 6.29. The van der Waals surface area contributed by atoms with Crippen LogP contribution < -0.4 is 0 Å². The van der Waals surface area contributed by atoms with E-state index in [2.05, 4.69) is 15.9 Å². The molecule has 0 aliphatic heterocycles. The first-order valence-electron chi connectivity index (χ1n) is 6.14. The van der Waals surface area contributed by atoms with Crippen LogP contribution in [-0.4, -0.2) is 26.0 Å². The van der Waals surface area contributed by atoms with Crippen LogP contribution in [0.4, 0.5) is 0 Å². The topological polar surface area (TPSA) is 44.8 Å². The molecule has 0 N–H and O–H groups in total. The molecule has 1 aromatic rings. The molecule has 6 heteroatoms. The summed E-state index contributed by atoms with van der Waals surface area (Å²) in [6, 6.07) is 8.03. The van der Waals surface area contributed by atoms with Gasteiger partial charge in [0.2, 0.25) is 0 Å². The standard InChI is InChI=1S/C13H18BrO4P/c1-16-19(15,17-2)13-7-12(8-13)18-9-10-3-5-11(14)6-4-10/h3-6,12-13H,7-9H2,1-2H3. The fourth-order valence-electron chi connectivity index (χ4n) is 2.10. The zero-order valence-electron chi connectivity index (χ0n) is 11.0. The number of benzene rings is 1. The van der Waals surface area contributed by atoms with Crippen molar-refractivity contribution in [3.05, 3.63) is 34.3 Å². The molecule has 106 valence electrons. The van der Waals surface area contributed by atoms with Crippen molar-refractivity contribution >= 4 is 23.5 Å². The van der Waals surface area contributed by atoms with Gasteiger partial charge >= 0.3 is 7.60 Å². The summed E-state index contributed by atoms with van der Waals surface area (Å²) >= 11 is 3.40. The third-order valence-electron chi connectivity index (χ3n) is 3.43. The maximum atomic E-state index is 12.1. The van der Waals surface area contributed by atoms with Gasteiger partial charge in [-0.25, -0.2) is 0 Å². The normalized spacial score (nSPS) is 23.1. The molecule has 4 nitrogen and oxygen atoms in total. The molecule has 0 aromatic heterocycles. The van der Waals surface area contributed by atoms with Crippen molar-refractivity contribution in [3.8, 4) is 0 Å². The Kier molecular flexibility index (Phi) is 5.21. The molecule has 1 aromatic carbocycles. The minimum absolute atomic E-state index is 0.0302. The van der Waals surface area contributed by atoms with E-state index in [0.717, 1.165) is 22.9 Å². The first kappa shape index (κ1) is 15.2. The van der Waals surface area contributed by atoms with Crippen LogP contribution in [0, 0.1) is 0 Å². The predicted molar refractivity (Wildman–Crippen MR) is 77.4 cm³/mol. The highest BCUT2D eigenvalue weighted by molar-refractivity contribution is 9.10. The molecule has 0 unspecified atom stereocenters. The molecule has 0 heterocycles. The minimum Gasteiger partial charge on any atom is -0.373 e. The summed E-state index contributed by atoms with van der Waals surface area (Å²) in [7, 11) is -0.0494. The Labute approximate surface area is 122 Å². The quantitative estimate of drug-likeness (QED) is 0.729. The maximum Gasteiger partial charge on any atom is 0.333 e. The van der Waals surface area contributed by atoms with Gasteiger partial charge in [0.05, 0.1) is 18.4 Å². The Balaban J connectivity index is 1.76. The Morgan fingerprint density at radius 3 is 2.32 bits per heavy atom. The lowest BCUT2D eigenvalue weighted by Crippen LogP contribution is -2.36. The zero-order chi connectivity index (χ0) is 13.9. The van der Waals surface area contributed by atoms with E-state index < -0.39 is 7.60 Å². The van der Waals surface area contributed by atoms with Gasteiger partial charge in [0.25, 0.3) is 0 Å². The van der Waals surface area contributed by atoms with Crippen LogP contribution >= 0.6 is 23.5 Å². The number of halogens is 1. The molecule has 0 spiro atoms. The van der Waals surface area contributed by atoms with Crippen LogP contribution in [0.3, 0.4) is 0 Å². The summed E-state index contributed by atoms with van der Waals surface area (Å²) in [4.78, 5) is 0. The highest BCUT2D eigenvalue weighted by Gasteiger charge is 2.44. The SMILES string of the molecule is COP(=O)(OC)C1CC(OCc2ccc(Br)cc2)C1. The molecule has 0 atom stereocenters. The van der Waals surface area contributed by atoms with Crippen molar-refractivity contribution in [1.82, 2.24) is 0 Å². The molecular formula is C13H18BrO4P. The molecule has 0 amide bonds. The Morgan fingerprint density at radius 1 is 1.21 bits per heavy atom. The van der Waals surface area contributed by atoms with Crippen molar-refractivity contribution in [2.45, 2.75) is 31.2 Å². The summed E-state index contributed by atoms with van der Waals surface area (Å²) in [5.41, 5.74) is 1.10. The van der Waals surface area contributed by atoms with Crippen molar-refractivity contribution in [2.75, 3.05) is 14.2 Å². The third kappa shape index (κ3) is 3.67. The monoisotopic (exact) mass is 348 g/mol. The van der Waals surface area contributed by atoms with E-state index in [1.54, 1.807) is 0 Å². The molecular weight excluding hydrogens is 331 g/mol. The lowest BCUT2D eigenvalue weighted by atomic mass is 9.95.